The molecule has 1 unspecified atom stereocenters. The molecule has 2 fully saturated rings. The first-order valence-corrected chi connectivity index (χ1v) is 9.52. The minimum atomic E-state index is -0.130. The van der Waals surface area contributed by atoms with Crippen LogP contribution in [0.1, 0.15) is 65.7 Å². The molecule has 0 aromatic heterocycles. The van der Waals surface area contributed by atoms with Gasteiger partial charge in [0.2, 0.25) is 0 Å². The Hall–Kier alpha value is -0.560. The Morgan fingerprint density at radius 2 is 1.95 bits per heavy atom. The molecule has 0 saturated heterocycles. The third-order valence-electron chi connectivity index (χ3n) is 8.31. The predicted octanol–water partition coefficient (Wildman–Crippen LogP) is 5.11. The summed E-state index contributed by atoms with van der Waals surface area (Å²) in [7, 11) is 0. The van der Waals surface area contributed by atoms with Crippen molar-refractivity contribution in [3.05, 3.63) is 23.8 Å². The van der Waals surface area contributed by atoms with Crippen LogP contribution in [0, 0.1) is 34.5 Å². The van der Waals surface area contributed by atoms with Gasteiger partial charge in [0.1, 0.15) is 0 Å². The van der Waals surface area contributed by atoms with E-state index in [1.54, 1.807) is 5.57 Å². The zero-order chi connectivity index (χ0) is 15.5. The Kier molecular flexibility index (Phi) is 3.39. The second-order valence-corrected chi connectivity index (χ2v) is 9.10. The lowest BCUT2D eigenvalue weighted by atomic mass is 9.48. The van der Waals surface area contributed by atoms with Crippen LogP contribution in [0.5, 0.6) is 0 Å². The van der Waals surface area contributed by atoms with Gasteiger partial charge in [0, 0.05) is 0 Å². The molecule has 0 spiro atoms. The van der Waals surface area contributed by atoms with Crippen LogP contribution in [0.2, 0.25) is 0 Å². The fourth-order valence-corrected chi connectivity index (χ4v) is 7.13. The normalized spacial score (nSPS) is 51.5. The van der Waals surface area contributed by atoms with Gasteiger partial charge in [0.05, 0.1) is 6.10 Å². The number of aliphatic hydroxyl groups is 1. The topological polar surface area (TPSA) is 20.2 Å². The summed E-state index contributed by atoms with van der Waals surface area (Å²) in [5, 5.41) is 10.3. The van der Waals surface area contributed by atoms with Gasteiger partial charge in [-0.1, -0.05) is 32.1 Å². The molecule has 4 aliphatic carbocycles. The average molecular weight is 300 g/mol. The number of hydrogen-bond donors (Lipinski definition) is 1. The van der Waals surface area contributed by atoms with Crippen LogP contribution in [0.25, 0.3) is 0 Å². The highest BCUT2D eigenvalue weighted by Crippen LogP contribution is 2.66. The maximum atomic E-state index is 10.3. The van der Waals surface area contributed by atoms with E-state index in [-0.39, 0.29) is 6.10 Å². The predicted molar refractivity (Wildman–Crippen MR) is 91.4 cm³/mol. The fraction of sp³-hybridized carbons (Fsp3) is 0.810. The summed E-state index contributed by atoms with van der Waals surface area (Å²) in [4.78, 5) is 0. The maximum Gasteiger partial charge on any atom is 0.0545 e. The first-order chi connectivity index (χ1) is 10.5. The SMILES string of the molecule is CC(O)[C@H]1CC[C@H]2[C@@H]3CC=C4C=CCC[C@]4(C)[C@H]3CC[C@]12C. The van der Waals surface area contributed by atoms with Crippen molar-refractivity contribution in [2.75, 3.05) is 0 Å². The molecule has 1 nitrogen and oxygen atoms in total. The van der Waals surface area contributed by atoms with E-state index in [0.29, 0.717) is 16.7 Å². The molecule has 0 radical (unpaired) electrons. The third-order valence-corrected chi connectivity index (χ3v) is 8.31. The second-order valence-electron chi connectivity index (χ2n) is 9.10. The van der Waals surface area contributed by atoms with Crippen LogP contribution in [0.15, 0.2) is 23.8 Å². The van der Waals surface area contributed by atoms with Crippen LogP contribution in [-0.4, -0.2) is 11.2 Å². The van der Waals surface area contributed by atoms with E-state index >= 15 is 0 Å². The molecular weight excluding hydrogens is 268 g/mol. The van der Waals surface area contributed by atoms with Crippen molar-refractivity contribution in [1.82, 2.24) is 0 Å². The molecule has 0 amide bonds. The van der Waals surface area contributed by atoms with Gasteiger partial charge in [0.15, 0.2) is 0 Å². The molecule has 1 heteroatoms. The van der Waals surface area contributed by atoms with Crippen LogP contribution in [0.3, 0.4) is 0 Å². The number of fused-ring (bicyclic) bond motifs is 5. The Morgan fingerprint density at radius 1 is 1.14 bits per heavy atom. The summed E-state index contributed by atoms with van der Waals surface area (Å²) < 4.78 is 0. The van der Waals surface area contributed by atoms with Gasteiger partial charge in [-0.2, -0.15) is 0 Å². The largest absolute Gasteiger partial charge is 0.393 e. The van der Waals surface area contributed by atoms with E-state index < -0.39 is 0 Å². The lowest BCUT2D eigenvalue weighted by Gasteiger charge is -2.57. The Bertz CT molecular complexity index is 516. The van der Waals surface area contributed by atoms with Crippen LogP contribution in [0.4, 0.5) is 0 Å². The molecule has 22 heavy (non-hydrogen) atoms. The van der Waals surface area contributed by atoms with Crippen molar-refractivity contribution in [2.45, 2.75) is 71.8 Å². The lowest BCUT2D eigenvalue weighted by Crippen LogP contribution is -2.50. The van der Waals surface area contributed by atoms with E-state index in [4.69, 9.17) is 0 Å². The summed E-state index contributed by atoms with van der Waals surface area (Å²) in [5.74, 6) is 3.11. The smallest absolute Gasteiger partial charge is 0.0545 e. The zero-order valence-corrected chi connectivity index (χ0v) is 14.5. The van der Waals surface area contributed by atoms with Crippen molar-refractivity contribution in [3.8, 4) is 0 Å². The Morgan fingerprint density at radius 3 is 2.73 bits per heavy atom. The number of allylic oxidation sites excluding steroid dienone is 4. The minimum absolute atomic E-state index is 0.130. The Labute approximate surface area is 135 Å². The van der Waals surface area contributed by atoms with Gasteiger partial charge < -0.3 is 5.11 Å². The van der Waals surface area contributed by atoms with Crippen molar-refractivity contribution >= 4 is 0 Å². The van der Waals surface area contributed by atoms with Crippen molar-refractivity contribution < 1.29 is 5.11 Å². The van der Waals surface area contributed by atoms with Crippen LogP contribution < -0.4 is 0 Å². The molecule has 0 aliphatic heterocycles. The molecule has 0 heterocycles. The highest BCUT2D eigenvalue weighted by molar-refractivity contribution is 5.34. The van der Waals surface area contributed by atoms with Gasteiger partial charge in [0.25, 0.3) is 0 Å². The van der Waals surface area contributed by atoms with E-state index in [0.717, 1.165) is 17.8 Å². The highest BCUT2D eigenvalue weighted by Gasteiger charge is 2.58. The average Bonchev–Trinajstić information content (AvgIpc) is 2.84. The zero-order valence-electron chi connectivity index (χ0n) is 14.5. The molecule has 0 bridgehead atoms. The van der Waals surface area contributed by atoms with Gasteiger partial charge in [-0.25, -0.2) is 0 Å². The first kappa shape index (κ1) is 15.0. The van der Waals surface area contributed by atoms with Gasteiger partial charge >= 0.3 is 0 Å². The summed E-state index contributed by atoms with van der Waals surface area (Å²) >= 11 is 0. The monoisotopic (exact) mass is 300 g/mol. The molecule has 0 aromatic rings. The quantitative estimate of drug-likeness (QED) is 0.713. The summed E-state index contributed by atoms with van der Waals surface area (Å²) in [5.41, 5.74) is 2.46. The minimum Gasteiger partial charge on any atom is -0.393 e. The molecule has 1 N–H and O–H groups in total. The Balaban J connectivity index is 1.68. The molecule has 0 aromatic carbocycles. The van der Waals surface area contributed by atoms with Crippen molar-refractivity contribution in [1.29, 1.82) is 0 Å². The van der Waals surface area contributed by atoms with Gasteiger partial charge in [-0.15, -0.1) is 0 Å². The molecule has 4 rings (SSSR count). The van der Waals surface area contributed by atoms with Crippen molar-refractivity contribution in [3.63, 3.8) is 0 Å². The number of hydrogen-bond acceptors (Lipinski definition) is 1. The van der Waals surface area contributed by atoms with Gasteiger partial charge in [-0.3, -0.25) is 0 Å². The van der Waals surface area contributed by atoms with E-state index in [1.807, 2.05) is 6.92 Å². The molecular formula is C21H32O. The fourth-order valence-electron chi connectivity index (χ4n) is 7.13. The first-order valence-electron chi connectivity index (χ1n) is 9.52. The van der Waals surface area contributed by atoms with Crippen LogP contribution in [-0.2, 0) is 0 Å². The van der Waals surface area contributed by atoms with E-state index in [2.05, 4.69) is 32.1 Å². The van der Waals surface area contributed by atoms with Crippen molar-refractivity contribution in [2.24, 2.45) is 34.5 Å². The molecule has 122 valence electrons. The van der Waals surface area contributed by atoms with Crippen LogP contribution >= 0.6 is 0 Å². The summed E-state index contributed by atoms with van der Waals surface area (Å²) in [6.07, 6.45) is 16.4. The lowest BCUT2D eigenvalue weighted by molar-refractivity contribution is -0.0581. The van der Waals surface area contributed by atoms with Gasteiger partial charge in [-0.05, 0) is 91.9 Å². The van der Waals surface area contributed by atoms with E-state index in [1.165, 1.54) is 44.9 Å². The maximum absolute atomic E-state index is 10.3. The second kappa shape index (κ2) is 4.97. The number of rotatable bonds is 1. The molecule has 4 aliphatic rings. The highest BCUT2D eigenvalue weighted by atomic mass is 16.3. The summed E-state index contributed by atoms with van der Waals surface area (Å²) in [6.45, 7) is 7.07. The molecule has 7 atom stereocenters. The summed E-state index contributed by atoms with van der Waals surface area (Å²) in [6, 6.07) is 0. The number of aliphatic hydroxyl groups excluding tert-OH is 1. The molecule has 2 saturated carbocycles. The third kappa shape index (κ3) is 1.87. The standard InChI is InChI=1S/C21H32O/c1-14(22)17-9-10-18-16-8-7-15-6-4-5-12-20(15,2)19(16)11-13-21(17,18)3/h4,6-7,14,16-19,22H,5,8-13H2,1-3H3/t14?,16-,17+,18-,19-,20-,21+/m0/s1. The van der Waals surface area contributed by atoms with E-state index in [9.17, 15) is 5.11 Å².